The summed E-state index contributed by atoms with van der Waals surface area (Å²) in [5.74, 6) is 0.621. The van der Waals surface area contributed by atoms with Gasteiger partial charge < -0.3 is 5.11 Å². The first-order valence-electron chi connectivity index (χ1n) is 5.55. The van der Waals surface area contributed by atoms with Gasteiger partial charge in [0.15, 0.2) is 0 Å². The van der Waals surface area contributed by atoms with E-state index in [0.717, 1.165) is 12.8 Å². The highest BCUT2D eigenvalue weighted by atomic mass is 35.5. The fourth-order valence-electron chi connectivity index (χ4n) is 1.25. The largest absolute Gasteiger partial charge is 0.396 e. The van der Waals surface area contributed by atoms with Crippen LogP contribution in [0.25, 0.3) is 0 Å². The highest BCUT2D eigenvalue weighted by Gasteiger charge is 2.14. The van der Waals surface area contributed by atoms with Crippen molar-refractivity contribution in [2.75, 3.05) is 24.8 Å². The van der Waals surface area contributed by atoms with Gasteiger partial charge in [-0.15, -0.1) is 11.6 Å². The lowest BCUT2D eigenvalue weighted by atomic mass is 10.1. The minimum atomic E-state index is -3.19. The van der Waals surface area contributed by atoms with E-state index < -0.39 is 10.0 Å². The number of hydrogen-bond acceptors (Lipinski definition) is 3. The third-order valence-corrected chi connectivity index (χ3v) is 4.45. The van der Waals surface area contributed by atoms with E-state index in [4.69, 9.17) is 16.7 Å². The molecule has 0 bridgehead atoms. The molecule has 0 radical (unpaired) electrons. The number of hydrogen-bond donors (Lipinski definition) is 2. The minimum absolute atomic E-state index is 0.0319. The van der Waals surface area contributed by atoms with Crippen LogP contribution in [-0.4, -0.2) is 38.3 Å². The van der Waals surface area contributed by atoms with Gasteiger partial charge in [-0.25, -0.2) is 13.1 Å². The van der Waals surface area contributed by atoms with E-state index in [0.29, 0.717) is 12.4 Å². The summed E-state index contributed by atoms with van der Waals surface area (Å²) in [5, 5.41) is 8.79. The van der Waals surface area contributed by atoms with Crippen LogP contribution in [-0.2, 0) is 10.0 Å². The molecule has 0 amide bonds. The third-order valence-electron chi connectivity index (χ3n) is 2.27. The van der Waals surface area contributed by atoms with Crippen molar-refractivity contribution in [3.8, 4) is 0 Å². The van der Waals surface area contributed by atoms with Crippen LogP contribution in [0.2, 0.25) is 0 Å². The number of rotatable bonds is 9. The smallest absolute Gasteiger partial charge is 0.211 e. The first-order valence-corrected chi connectivity index (χ1v) is 7.74. The van der Waals surface area contributed by atoms with Gasteiger partial charge >= 0.3 is 0 Å². The molecule has 0 aliphatic heterocycles. The molecule has 98 valence electrons. The Labute approximate surface area is 103 Å². The van der Waals surface area contributed by atoms with Crippen LogP contribution in [0.3, 0.4) is 0 Å². The van der Waals surface area contributed by atoms with Crippen molar-refractivity contribution >= 4 is 21.6 Å². The van der Waals surface area contributed by atoms with E-state index in [1.54, 1.807) is 6.92 Å². The molecule has 2 unspecified atom stereocenters. The van der Waals surface area contributed by atoms with Crippen molar-refractivity contribution in [2.45, 2.75) is 26.7 Å². The zero-order chi connectivity index (χ0) is 12.6. The van der Waals surface area contributed by atoms with Gasteiger partial charge in [0, 0.05) is 19.0 Å². The molecule has 0 saturated heterocycles. The Bertz CT molecular complexity index is 269. The normalized spacial score (nSPS) is 16.0. The Morgan fingerprint density at radius 2 is 1.94 bits per heavy atom. The first-order chi connectivity index (χ1) is 7.41. The molecule has 0 aromatic carbocycles. The van der Waals surface area contributed by atoms with Gasteiger partial charge in [-0.1, -0.05) is 13.8 Å². The summed E-state index contributed by atoms with van der Waals surface area (Å²) in [6.07, 6.45) is 1.57. The zero-order valence-corrected chi connectivity index (χ0v) is 11.5. The predicted octanol–water partition coefficient (Wildman–Crippen LogP) is 1.19. The van der Waals surface area contributed by atoms with E-state index in [9.17, 15) is 8.42 Å². The molecule has 0 aromatic rings. The predicted molar refractivity (Wildman–Crippen MR) is 67.2 cm³/mol. The second kappa shape index (κ2) is 8.28. The quantitative estimate of drug-likeness (QED) is 0.489. The lowest BCUT2D eigenvalue weighted by Crippen LogP contribution is -2.30. The SMILES string of the molecule is CC(CO)CCCNS(=O)(=O)CC(C)CCl. The maximum absolute atomic E-state index is 11.5. The molecule has 2 N–H and O–H groups in total. The third kappa shape index (κ3) is 8.33. The Morgan fingerprint density at radius 3 is 2.44 bits per heavy atom. The van der Waals surface area contributed by atoms with Crippen LogP contribution in [0, 0.1) is 11.8 Å². The lowest BCUT2D eigenvalue weighted by Gasteiger charge is -2.11. The van der Waals surface area contributed by atoms with Crippen molar-refractivity contribution in [1.82, 2.24) is 4.72 Å². The summed E-state index contributed by atoms with van der Waals surface area (Å²) in [7, 11) is -3.19. The Hall–Kier alpha value is 0.160. The van der Waals surface area contributed by atoms with E-state index in [1.807, 2.05) is 6.92 Å². The highest BCUT2D eigenvalue weighted by Crippen LogP contribution is 2.05. The Balaban J connectivity index is 3.75. The second-order valence-electron chi connectivity index (χ2n) is 4.37. The second-order valence-corrected chi connectivity index (χ2v) is 6.53. The van der Waals surface area contributed by atoms with Crippen molar-refractivity contribution in [3.63, 3.8) is 0 Å². The summed E-state index contributed by atoms with van der Waals surface area (Å²) < 4.78 is 25.5. The van der Waals surface area contributed by atoms with E-state index in [1.165, 1.54) is 0 Å². The van der Waals surface area contributed by atoms with E-state index >= 15 is 0 Å². The van der Waals surface area contributed by atoms with E-state index in [-0.39, 0.29) is 24.2 Å². The van der Waals surface area contributed by atoms with Gasteiger partial charge in [0.1, 0.15) is 0 Å². The number of alkyl halides is 1. The maximum atomic E-state index is 11.5. The monoisotopic (exact) mass is 271 g/mol. The minimum Gasteiger partial charge on any atom is -0.396 e. The molecule has 0 aliphatic carbocycles. The van der Waals surface area contributed by atoms with Crippen LogP contribution in [0.15, 0.2) is 0 Å². The van der Waals surface area contributed by atoms with Gasteiger partial charge in [-0.05, 0) is 24.7 Å². The number of halogens is 1. The molecule has 2 atom stereocenters. The molecular weight excluding hydrogens is 250 g/mol. The molecular formula is C10H22ClNO3S. The van der Waals surface area contributed by atoms with Crippen LogP contribution in [0.1, 0.15) is 26.7 Å². The summed E-state index contributed by atoms with van der Waals surface area (Å²) in [6, 6.07) is 0. The van der Waals surface area contributed by atoms with Gasteiger partial charge in [0.2, 0.25) is 10.0 Å². The summed E-state index contributed by atoms with van der Waals surface area (Å²) >= 11 is 5.56. The van der Waals surface area contributed by atoms with Crippen molar-refractivity contribution in [2.24, 2.45) is 11.8 Å². The average Bonchev–Trinajstić information content (AvgIpc) is 2.23. The van der Waals surface area contributed by atoms with Gasteiger partial charge in [0.25, 0.3) is 0 Å². The molecule has 0 aliphatic rings. The summed E-state index contributed by atoms with van der Waals surface area (Å²) in [5.41, 5.74) is 0. The zero-order valence-electron chi connectivity index (χ0n) is 9.95. The molecule has 0 heterocycles. The molecule has 16 heavy (non-hydrogen) atoms. The van der Waals surface area contributed by atoms with Gasteiger partial charge in [-0.3, -0.25) is 0 Å². The van der Waals surface area contributed by atoms with Crippen LogP contribution < -0.4 is 4.72 Å². The molecule has 0 rings (SSSR count). The standard InChI is InChI=1S/C10H22ClNO3S/c1-9(7-13)4-3-5-12-16(14,15)8-10(2)6-11/h9-10,12-13H,3-8H2,1-2H3. The Kier molecular flexibility index (Phi) is 8.36. The molecule has 0 saturated carbocycles. The molecule has 0 aromatic heterocycles. The van der Waals surface area contributed by atoms with Crippen molar-refractivity contribution < 1.29 is 13.5 Å². The average molecular weight is 272 g/mol. The Morgan fingerprint density at radius 1 is 1.31 bits per heavy atom. The fraction of sp³-hybridized carbons (Fsp3) is 1.00. The summed E-state index contributed by atoms with van der Waals surface area (Å²) in [4.78, 5) is 0. The van der Waals surface area contributed by atoms with Crippen LogP contribution in [0.4, 0.5) is 0 Å². The van der Waals surface area contributed by atoms with Crippen LogP contribution >= 0.6 is 11.6 Å². The first kappa shape index (κ1) is 16.2. The number of aliphatic hydroxyl groups is 1. The maximum Gasteiger partial charge on any atom is 0.211 e. The number of sulfonamides is 1. The number of aliphatic hydroxyl groups excluding tert-OH is 1. The summed E-state index contributed by atoms with van der Waals surface area (Å²) in [6.45, 7) is 4.32. The van der Waals surface area contributed by atoms with E-state index in [2.05, 4.69) is 4.72 Å². The molecule has 4 nitrogen and oxygen atoms in total. The van der Waals surface area contributed by atoms with Gasteiger partial charge in [0.05, 0.1) is 5.75 Å². The number of nitrogens with one attached hydrogen (secondary N) is 1. The molecule has 0 fully saturated rings. The molecule has 0 spiro atoms. The van der Waals surface area contributed by atoms with Crippen molar-refractivity contribution in [3.05, 3.63) is 0 Å². The lowest BCUT2D eigenvalue weighted by molar-refractivity contribution is 0.228. The van der Waals surface area contributed by atoms with Gasteiger partial charge in [-0.2, -0.15) is 0 Å². The molecule has 6 heteroatoms. The van der Waals surface area contributed by atoms with Crippen molar-refractivity contribution in [1.29, 1.82) is 0 Å². The topological polar surface area (TPSA) is 66.4 Å². The highest BCUT2D eigenvalue weighted by molar-refractivity contribution is 7.89. The van der Waals surface area contributed by atoms with Crippen LogP contribution in [0.5, 0.6) is 0 Å². The fourth-order valence-corrected chi connectivity index (χ4v) is 2.93.